The molecular weight excluding hydrogens is 906 g/mol. The highest BCUT2D eigenvalue weighted by molar-refractivity contribution is 7.45. The van der Waals surface area contributed by atoms with E-state index in [1.807, 2.05) is 21.1 Å². The predicted molar refractivity (Wildman–Crippen MR) is 301 cm³/mol. The molecule has 9 nitrogen and oxygen atoms in total. The highest BCUT2D eigenvalue weighted by Crippen LogP contribution is 2.38. The molecule has 71 heavy (non-hydrogen) atoms. The third kappa shape index (κ3) is 58.1. The maximum atomic E-state index is 12.8. The monoisotopic (exact) mass is 1030 g/mol. The summed E-state index contributed by atoms with van der Waals surface area (Å²) in [4.78, 5) is 37.9. The molecule has 0 radical (unpaired) electrons. The zero-order valence-electron chi connectivity index (χ0n) is 48.2. The van der Waals surface area contributed by atoms with Gasteiger partial charge in [-0.05, 0) is 12.8 Å². The van der Waals surface area contributed by atoms with E-state index in [-0.39, 0.29) is 32.0 Å². The minimum absolute atomic E-state index is 0.0250. The summed E-state index contributed by atoms with van der Waals surface area (Å²) in [6.45, 7) is 4.32. The van der Waals surface area contributed by atoms with Crippen molar-refractivity contribution in [3.8, 4) is 0 Å². The number of rotatable bonds is 59. The van der Waals surface area contributed by atoms with Crippen LogP contribution < -0.4 is 4.89 Å². The number of esters is 2. The van der Waals surface area contributed by atoms with Gasteiger partial charge in [-0.15, -0.1) is 0 Å². The van der Waals surface area contributed by atoms with Crippen molar-refractivity contribution in [1.82, 2.24) is 0 Å². The summed E-state index contributed by atoms with van der Waals surface area (Å²) in [5, 5.41) is 0. The van der Waals surface area contributed by atoms with Gasteiger partial charge in [-0.25, -0.2) is 0 Å². The molecule has 0 heterocycles. The van der Waals surface area contributed by atoms with Gasteiger partial charge in [-0.2, -0.15) is 0 Å². The Morgan fingerprint density at radius 2 is 0.634 bits per heavy atom. The Kier molecular flexibility index (Phi) is 53.1. The van der Waals surface area contributed by atoms with Crippen molar-refractivity contribution in [2.45, 2.75) is 335 Å². The second kappa shape index (κ2) is 53.8. The second-order valence-electron chi connectivity index (χ2n) is 22.8. The van der Waals surface area contributed by atoms with Crippen LogP contribution in [0, 0.1) is 0 Å². The Morgan fingerprint density at radius 3 is 0.901 bits per heavy atom. The lowest BCUT2D eigenvalue weighted by Crippen LogP contribution is -2.37. The normalized spacial score (nSPS) is 13.2. The minimum Gasteiger partial charge on any atom is -0.756 e. The molecule has 0 bridgehead atoms. The molecule has 0 aromatic carbocycles. The first-order chi connectivity index (χ1) is 34.5. The highest BCUT2D eigenvalue weighted by atomic mass is 31.2. The zero-order valence-corrected chi connectivity index (χ0v) is 49.1. The summed E-state index contributed by atoms with van der Waals surface area (Å²) in [5.41, 5.74) is 0. The van der Waals surface area contributed by atoms with Crippen LogP contribution in [0.1, 0.15) is 328 Å². The standard InChI is InChI=1S/C61H122NO8P/c1-6-8-10-12-14-16-18-20-22-24-26-28-29-30-31-32-34-36-38-40-42-44-46-48-50-52-54-61(64)70-59(58-69-71(65,66)68-56-55-62(3,4)5)57-67-60(63)53-51-49-47-45-43-41-39-37-35-33-27-25-23-21-19-17-15-13-11-9-7-2/h59H,6-58H2,1-5H3. The Hall–Kier alpha value is -0.990. The number of unbranched alkanes of at least 4 members (excludes halogenated alkanes) is 45. The van der Waals surface area contributed by atoms with Crippen molar-refractivity contribution >= 4 is 19.8 Å². The van der Waals surface area contributed by atoms with Crippen molar-refractivity contribution in [3.63, 3.8) is 0 Å². The molecule has 0 fully saturated rings. The zero-order chi connectivity index (χ0) is 52.0. The summed E-state index contributed by atoms with van der Waals surface area (Å²) < 4.78 is 34.2. The molecule has 0 aromatic heterocycles. The second-order valence-corrected chi connectivity index (χ2v) is 24.2. The van der Waals surface area contributed by atoms with E-state index >= 15 is 0 Å². The maximum Gasteiger partial charge on any atom is 0.306 e. The summed E-state index contributed by atoms with van der Waals surface area (Å²) in [6.07, 6.45) is 61.6. The van der Waals surface area contributed by atoms with E-state index in [4.69, 9.17) is 18.5 Å². The minimum atomic E-state index is -4.63. The van der Waals surface area contributed by atoms with Gasteiger partial charge >= 0.3 is 11.9 Å². The number of carbonyl (C=O) groups is 2. The van der Waals surface area contributed by atoms with Crippen LogP contribution in [-0.2, 0) is 32.7 Å². The first kappa shape index (κ1) is 70.0. The van der Waals surface area contributed by atoms with Gasteiger partial charge in [0.05, 0.1) is 27.7 Å². The topological polar surface area (TPSA) is 111 Å². The molecule has 0 aromatic rings. The number of phosphoric acid groups is 1. The summed E-state index contributed by atoms with van der Waals surface area (Å²) in [7, 11) is 1.19. The van der Waals surface area contributed by atoms with E-state index in [2.05, 4.69) is 13.8 Å². The van der Waals surface area contributed by atoms with E-state index < -0.39 is 26.5 Å². The predicted octanol–water partition coefficient (Wildman–Crippen LogP) is 18.8. The van der Waals surface area contributed by atoms with E-state index in [9.17, 15) is 19.0 Å². The smallest absolute Gasteiger partial charge is 0.306 e. The van der Waals surface area contributed by atoms with Crippen LogP contribution >= 0.6 is 7.82 Å². The van der Waals surface area contributed by atoms with Crippen LogP contribution in [0.4, 0.5) is 0 Å². The van der Waals surface area contributed by atoms with Gasteiger partial charge in [-0.3, -0.25) is 14.2 Å². The van der Waals surface area contributed by atoms with Crippen LogP contribution in [0.5, 0.6) is 0 Å². The number of phosphoric ester groups is 1. The summed E-state index contributed by atoms with van der Waals surface area (Å²) >= 11 is 0. The Balaban J connectivity index is 4.05. The van der Waals surface area contributed by atoms with Gasteiger partial charge in [0.15, 0.2) is 6.10 Å². The quantitative estimate of drug-likeness (QED) is 0.0256. The van der Waals surface area contributed by atoms with Gasteiger partial charge in [0, 0.05) is 12.8 Å². The van der Waals surface area contributed by atoms with Crippen molar-refractivity contribution in [2.24, 2.45) is 0 Å². The van der Waals surface area contributed by atoms with E-state index in [0.29, 0.717) is 17.4 Å². The van der Waals surface area contributed by atoms with Gasteiger partial charge in [0.1, 0.15) is 19.8 Å². The number of hydrogen-bond donors (Lipinski definition) is 0. The average molecular weight is 1030 g/mol. The molecule has 0 rings (SSSR count). The average Bonchev–Trinajstić information content (AvgIpc) is 3.33. The molecule has 10 heteroatoms. The van der Waals surface area contributed by atoms with Crippen molar-refractivity contribution < 1.29 is 42.1 Å². The van der Waals surface area contributed by atoms with Crippen LogP contribution in [0.15, 0.2) is 0 Å². The number of likely N-dealkylation sites (N-methyl/N-ethyl adjacent to an activating group) is 1. The van der Waals surface area contributed by atoms with Gasteiger partial charge < -0.3 is 27.9 Å². The number of carbonyl (C=O) groups excluding carboxylic acids is 2. The number of ether oxygens (including phenoxy) is 2. The molecule has 0 amide bonds. The lowest BCUT2D eigenvalue weighted by atomic mass is 10.0. The van der Waals surface area contributed by atoms with Crippen LogP contribution in [0.25, 0.3) is 0 Å². The SMILES string of the molecule is CCCCCCCCCCCCCCCCCCCCCCCCCCCCC(=O)OC(COC(=O)CCCCCCCCCCCCCCCCCCCCCCC)COP(=O)([O-])OCC[N+](C)(C)C. The first-order valence-electron chi connectivity index (χ1n) is 31.2. The van der Waals surface area contributed by atoms with Crippen molar-refractivity contribution in [1.29, 1.82) is 0 Å². The highest BCUT2D eigenvalue weighted by Gasteiger charge is 2.22. The van der Waals surface area contributed by atoms with Crippen LogP contribution in [-0.4, -0.2) is 70.0 Å². The number of quaternary nitrogens is 1. The van der Waals surface area contributed by atoms with Crippen LogP contribution in [0.3, 0.4) is 0 Å². The fourth-order valence-electron chi connectivity index (χ4n) is 9.54. The van der Waals surface area contributed by atoms with Crippen LogP contribution in [0.2, 0.25) is 0 Å². The summed E-state index contributed by atoms with van der Waals surface area (Å²) in [6, 6.07) is 0. The Labute approximate surface area is 442 Å². The molecule has 0 aliphatic rings. The molecular formula is C61H122NO8P. The summed E-state index contributed by atoms with van der Waals surface area (Å²) in [5.74, 6) is -0.807. The largest absolute Gasteiger partial charge is 0.756 e. The third-order valence-corrected chi connectivity index (χ3v) is 15.3. The lowest BCUT2D eigenvalue weighted by Gasteiger charge is -2.28. The molecule has 0 saturated carbocycles. The molecule has 0 saturated heterocycles. The lowest BCUT2D eigenvalue weighted by molar-refractivity contribution is -0.870. The van der Waals surface area contributed by atoms with E-state index in [1.54, 1.807) is 0 Å². The third-order valence-electron chi connectivity index (χ3n) is 14.4. The number of hydrogen-bond acceptors (Lipinski definition) is 8. The fourth-order valence-corrected chi connectivity index (χ4v) is 10.3. The Bertz CT molecular complexity index is 1160. The Morgan fingerprint density at radius 1 is 0.380 bits per heavy atom. The number of nitrogens with zero attached hydrogens (tertiary/aromatic N) is 1. The molecule has 0 aliphatic heterocycles. The fraction of sp³-hybridized carbons (Fsp3) is 0.967. The molecule has 424 valence electrons. The van der Waals surface area contributed by atoms with E-state index in [0.717, 1.165) is 32.1 Å². The molecule has 0 spiro atoms. The van der Waals surface area contributed by atoms with E-state index in [1.165, 1.54) is 263 Å². The molecule has 2 atom stereocenters. The van der Waals surface area contributed by atoms with Gasteiger partial charge in [0.2, 0.25) is 0 Å². The first-order valence-corrected chi connectivity index (χ1v) is 32.7. The molecule has 0 aliphatic carbocycles. The van der Waals surface area contributed by atoms with Crippen molar-refractivity contribution in [2.75, 3.05) is 47.5 Å². The van der Waals surface area contributed by atoms with Gasteiger partial charge in [-0.1, -0.05) is 303 Å². The van der Waals surface area contributed by atoms with Crippen molar-refractivity contribution in [3.05, 3.63) is 0 Å². The van der Waals surface area contributed by atoms with Gasteiger partial charge in [0.25, 0.3) is 7.82 Å². The molecule has 0 N–H and O–H groups in total. The molecule has 2 unspecified atom stereocenters. The maximum absolute atomic E-state index is 12.8.